The molecule has 1 N–H and O–H groups in total. The molecule has 4 nitrogen and oxygen atoms in total. The Labute approximate surface area is 104 Å². The van der Waals surface area contributed by atoms with Gasteiger partial charge in [0.25, 0.3) is 0 Å². The van der Waals surface area contributed by atoms with Gasteiger partial charge in [0.05, 0.1) is 6.61 Å². The molecule has 1 aliphatic rings. The Morgan fingerprint density at radius 3 is 2.88 bits per heavy atom. The molecule has 0 aromatic rings. The summed E-state index contributed by atoms with van der Waals surface area (Å²) >= 11 is 0. The van der Waals surface area contributed by atoms with Crippen molar-refractivity contribution in [3.63, 3.8) is 0 Å². The summed E-state index contributed by atoms with van der Waals surface area (Å²) in [5.74, 6) is 0.406. The molecular weight excluding hydrogens is 218 g/mol. The van der Waals surface area contributed by atoms with Crippen molar-refractivity contribution in [2.45, 2.75) is 39.0 Å². The van der Waals surface area contributed by atoms with E-state index < -0.39 is 0 Å². The third kappa shape index (κ3) is 6.03. The van der Waals surface area contributed by atoms with Gasteiger partial charge in [-0.3, -0.25) is 4.79 Å². The molecule has 17 heavy (non-hydrogen) atoms. The lowest BCUT2D eigenvalue weighted by molar-refractivity contribution is -0.143. The molecule has 0 aromatic carbocycles. The Kier molecular flexibility index (Phi) is 7.21. The largest absolute Gasteiger partial charge is 0.466 e. The van der Waals surface area contributed by atoms with Crippen molar-refractivity contribution in [3.8, 4) is 0 Å². The maximum absolute atomic E-state index is 11.1. The summed E-state index contributed by atoms with van der Waals surface area (Å²) in [5, 5.41) is 9.03. The zero-order valence-corrected chi connectivity index (χ0v) is 10.9. The van der Waals surface area contributed by atoms with Crippen molar-refractivity contribution < 1.29 is 14.6 Å². The molecular formula is C13H25NO3. The predicted molar refractivity (Wildman–Crippen MR) is 66.7 cm³/mol. The van der Waals surface area contributed by atoms with Crippen molar-refractivity contribution in [3.05, 3.63) is 0 Å². The second-order valence-electron chi connectivity index (χ2n) is 4.75. The third-order valence-corrected chi connectivity index (χ3v) is 3.29. The lowest BCUT2D eigenvalue weighted by Crippen LogP contribution is -2.22. The Balaban J connectivity index is 1.92. The van der Waals surface area contributed by atoms with Crippen LogP contribution in [-0.2, 0) is 9.53 Å². The maximum atomic E-state index is 11.1. The van der Waals surface area contributed by atoms with E-state index in [1.54, 1.807) is 0 Å². The highest BCUT2D eigenvalue weighted by Gasteiger charge is 2.20. The monoisotopic (exact) mass is 243 g/mol. The normalized spacial score (nSPS) is 20.7. The summed E-state index contributed by atoms with van der Waals surface area (Å²) < 4.78 is 4.87. The molecule has 0 spiro atoms. The van der Waals surface area contributed by atoms with E-state index in [4.69, 9.17) is 9.84 Å². The number of ether oxygens (including phenoxy) is 1. The van der Waals surface area contributed by atoms with Gasteiger partial charge in [-0.1, -0.05) is 6.42 Å². The predicted octanol–water partition coefficient (Wildman–Crippen LogP) is 1.42. The molecule has 1 rings (SSSR count). The molecule has 0 amide bonds. The quantitative estimate of drug-likeness (QED) is 0.517. The lowest BCUT2D eigenvalue weighted by Gasteiger charge is -2.14. The van der Waals surface area contributed by atoms with E-state index in [1.165, 1.54) is 0 Å². The summed E-state index contributed by atoms with van der Waals surface area (Å²) in [4.78, 5) is 13.5. The smallest absolute Gasteiger partial charge is 0.305 e. The number of unbranched alkanes of at least 4 members (excludes halogenated alkanes) is 2. The zero-order chi connectivity index (χ0) is 12.5. The third-order valence-electron chi connectivity index (χ3n) is 3.29. The van der Waals surface area contributed by atoms with Gasteiger partial charge in [-0.2, -0.15) is 0 Å². The minimum atomic E-state index is -0.0750. The summed E-state index contributed by atoms with van der Waals surface area (Å²) in [6.45, 7) is 5.88. The van der Waals surface area contributed by atoms with Crippen molar-refractivity contribution in [1.82, 2.24) is 4.90 Å². The Bertz CT molecular complexity index is 221. The minimum Gasteiger partial charge on any atom is -0.466 e. The van der Waals surface area contributed by atoms with Crippen LogP contribution in [0.4, 0.5) is 0 Å². The Morgan fingerprint density at radius 2 is 2.24 bits per heavy atom. The number of esters is 1. The van der Waals surface area contributed by atoms with Gasteiger partial charge < -0.3 is 14.7 Å². The van der Waals surface area contributed by atoms with E-state index in [1.807, 2.05) is 6.92 Å². The van der Waals surface area contributed by atoms with Crippen LogP contribution in [0.2, 0.25) is 0 Å². The number of nitrogens with zero attached hydrogens (tertiary/aromatic N) is 1. The number of carbonyl (C=O) groups is 1. The van der Waals surface area contributed by atoms with Gasteiger partial charge in [0.15, 0.2) is 0 Å². The van der Waals surface area contributed by atoms with Crippen LogP contribution in [0.15, 0.2) is 0 Å². The van der Waals surface area contributed by atoms with E-state index in [-0.39, 0.29) is 5.97 Å². The van der Waals surface area contributed by atoms with Crippen LogP contribution in [-0.4, -0.2) is 48.8 Å². The molecule has 0 aromatic heterocycles. The molecule has 1 unspecified atom stereocenters. The van der Waals surface area contributed by atoms with Crippen molar-refractivity contribution in [1.29, 1.82) is 0 Å². The van der Waals surface area contributed by atoms with Gasteiger partial charge in [0.2, 0.25) is 0 Å². The van der Waals surface area contributed by atoms with E-state index in [9.17, 15) is 4.79 Å². The van der Waals surface area contributed by atoms with Crippen LogP contribution in [0.25, 0.3) is 0 Å². The lowest BCUT2D eigenvalue weighted by atomic mass is 10.1. The Hall–Kier alpha value is -0.610. The molecule has 0 aliphatic carbocycles. The van der Waals surface area contributed by atoms with Gasteiger partial charge in [0.1, 0.15) is 0 Å². The molecule has 1 saturated heterocycles. The second kappa shape index (κ2) is 8.48. The molecule has 0 radical (unpaired) electrons. The van der Waals surface area contributed by atoms with Crippen LogP contribution in [0, 0.1) is 5.92 Å². The second-order valence-corrected chi connectivity index (χ2v) is 4.75. The van der Waals surface area contributed by atoms with Gasteiger partial charge in [0, 0.05) is 19.6 Å². The molecule has 100 valence electrons. The molecule has 0 bridgehead atoms. The molecule has 4 heteroatoms. The number of hydrogen-bond donors (Lipinski definition) is 1. The molecule has 0 saturated carbocycles. The summed E-state index contributed by atoms with van der Waals surface area (Å²) in [6, 6.07) is 0. The molecule has 1 atom stereocenters. The molecule has 1 fully saturated rings. The van der Waals surface area contributed by atoms with E-state index >= 15 is 0 Å². The van der Waals surface area contributed by atoms with Gasteiger partial charge in [-0.05, 0) is 45.2 Å². The SMILES string of the molecule is CCOC(=O)CCCCCN1CCC(CO)C1. The summed E-state index contributed by atoms with van der Waals surface area (Å²) in [5.41, 5.74) is 0. The first-order valence-corrected chi connectivity index (χ1v) is 6.75. The van der Waals surface area contributed by atoms with E-state index in [0.717, 1.165) is 45.3 Å². The fraction of sp³-hybridized carbons (Fsp3) is 0.923. The molecule has 1 heterocycles. The summed E-state index contributed by atoms with van der Waals surface area (Å²) in [6.07, 6.45) is 4.82. The first-order chi connectivity index (χ1) is 8.26. The average Bonchev–Trinajstić information content (AvgIpc) is 2.77. The number of hydrogen-bond acceptors (Lipinski definition) is 4. The van der Waals surface area contributed by atoms with Gasteiger partial charge in [-0.25, -0.2) is 0 Å². The van der Waals surface area contributed by atoms with E-state index in [2.05, 4.69) is 4.90 Å². The first-order valence-electron chi connectivity index (χ1n) is 6.75. The van der Waals surface area contributed by atoms with Crippen LogP contribution >= 0.6 is 0 Å². The standard InChI is InChI=1S/C13H25NO3/c1-2-17-13(16)6-4-3-5-8-14-9-7-12(10-14)11-15/h12,15H,2-11H2,1H3. The fourth-order valence-corrected chi connectivity index (χ4v) is 2.28. The number of aliphatic hydroxyl groups excluding tert-OH is 1. The Morgan fingerprint density at radius 1 is 1.41 bits per heavy atom. The highest BCUT2D eigenvalue weighted by molar-refractivity contribution is 5.69. The van der Waals surface area contributed by atoms with Crippen LogP contribution in [0.1, 0.15) is 39.0 Å². The van der Waals surface area contributed by atoms with Gasteiger partial charge in [-0.15, -0.1) is 0 Å². The number of aliphatic hydroxyl groups is 1. The number of rotatable bonds is 8. The zero-order valence-electron chi connectivity index (χ0n) is 10.9. The minimum absolute atomic E-state index is 0.0750. The number of carbonyl (C=O) groups excluding carboxylic acids is 1. The average molecular weight is 243 g/mol. The van der Waals surface area contributed by atoms with Crippen molar-refractivity contribution in [2.75, 3.05) is 32.8 Å². The van der Waals surface area contributed by atoms with Crippen LogP contribution in [0.3, 0.4) is 0 Å². The number of likely N-dealkylation sites (tertiary alicyclic amines) is 1. The van der Waals surface area contributed by atoms with Crippen molar-refractivity contribution >= 4 is 5.97 Å². The topological polar surface area (TPSA) is 49.8 Å². The summed E-state index contributed by atoms with van der Waals surface area (Å²) in [7, 11) is 0. The van der Waals surface area contributed by atoms with Crippen molar-refractivity contribution in [2.24, 2.45) is 5.92 Å². The maximum Gasteiger partial charge on any atom is 0.305 e. The fourth-order valence-electron chi connectivity index (χ4n) is 2.28. The molecule has 1 aliphatic heterocycles. The van der Waals surface area contributed by atoms with Gasteiger partial charge >= 0.3 is 5.97 Å². The highest BCUT2D eigenvalue weighted by Crippen LogP contribution is 2.16. The highest BCUT2D eigenvalue weighted by atomic mass is 16.5. The van der Waals surface area contributed by atoms with Crippen LogP contribution < -0.4 is 0 Å². The van der Waals surface area contributed by atoms with E-state index in [0.29, 0.717) is 25.6 Å². The van der Waals surface area contributed by atoms with Crippen LogP contribution in [0.5, 0.6) is 0 Å². The first kappa shape index (κ1) is 14.5.